The first-order valence-corrected chi connectivity index (χ1v) is 11.0. The molecule has 0 radical (unpaired) electrons. The molecule has 27 heavy (non-hydrogen) atoms. The van der Waals surface area contributed by atoms with Crippen LogP contribution in [0.3, 0.4) is 0 Å². The molecule has 3 aliphatic rings. The second kappa shape index (κ2) is 7.07. The fourth-order valence-electron chi connectivity index (χ4n) is 4.74. The van der Waals surface area contributed by atoms with Crippen LogP contribution < -0.4 is 5.32 Å². The molecule has 7 nitrogen and oxygen atoms in total. The van der Waals surface area contributed by atoms with Crippen molar-refractivity contribution in [3.63, 3.8) is 0 Å². The van der Waals surface area contributed by atoms with Gasteiger partial charge in [0.25, 0.3) is 0 Å². The van der Waals surface area contributed by atoms with Gasteiger partial charge in [0, 0.05) is 52.6 Å². The Hall–Kier alpha value is -1.64. The van der Waals surface area contributed by atoms with Gasteiger partial charge in [0.1, 0.15) is 0 Å². The number of rotatable bonds is 4. The number of nitrogens with zero attached hydrogens (tertiary/aromatic N) is 3. The third kappa shape index (κ3) is 3.23. The van der Waals surface area contributed by atoms with E-state index in [-0.39, 0.29) is 0 Å². The molecule has 148 valence electrons. The van der Waals surface area contributed by atoms with Crippen LogP contribution in [0, 0.1) is 11.8 Å². The number of benzene rings is 1. The summed E-state index contributed by atoms with van der Waals surface area (Å²) in [5.41, 5.74) is 0.746. The van der Waals surface area contributed by atoms with Crippen molar-refractivity contribution in [2.24, 2.45) is 16.8 Å². The average molecular weight is 393 g/mol. The number of aliphatic imine (C=N–C) groups is 1. The summed E-state index contributed by atoms with van der Waals surface area (Å²) in [5.74, 6) is 2.04. The van der Waals surface area contributed by atoms with Crippen molar-refractivity contribution in [2.75, 3.05) is 34.2 Å². The largest absolute Gasteiger partial charge is 0.374 e. The van der Waals surface area contributed by atoms with Gasteiger partial charge >= 0.3 is 0 Å². The van der Waals surface area contributed by atoms with Crippen LogP contribution in [-0.4, -0.2) is 70.0 Å². The summed E-state index contributed by atoms with van der Waals surface area (Å²) in [6.45, 7) is 2.34. The SMILES string of the molecule is CN=C(NCc1ccccc1S(=O)(=O)N(C)C)N1CC2C3CCC(O3)C2C1. The molecule has 4 rings (SSSR count). The molecule has 8 heteroatoms. The van der Waals surface area contributed by atoms with Crippen LogP contribution in [-0.2, 0) is 21.3 Å². The van der Waals surface area contributed by atoms with E-state index in [2.05, 4.69) is 15.2 Å². The van der Waals surface area contributed by atoms with Crippen LogP contribution in [0.4, 0.5) is 0 Å². The van der Waals surface area contributed by atoms with Crippen LogP contribution in [0.25, 0.3) is 0 Å². The van der Waals surface area contributed by atoms with E-state index in [4.69, 9.17) is 4.74 Å². The Morgan fingerprint density at radius 1 is 1.22 bits per heavy atom. The van der Waals surface area contributed by atoms with Crippen molar-refractivity contribution in [1.82, 2.24) is 14.5 Å². The maximum absolute atomic E-state index is 12.6. The molecule has 1 aromatic carbocycles. The Kier molecular flexibility index (Phi) is 4.90. The fraction of sp³-hybridized carbons (Fsp3) is 0.632. The number of nitrogens with one attached hydrogen (secondary N) is 1. The number of guanidine groups is 1. The molecule has 1 N–H and O–H groups in total. The van der Waals surface area contributed by atoms with E-state index < -0.39 is 10.0 Å². The van der Waals surface area contributed by atoms with Gasteiger partial charge < -0.3 is 15.0 Å². The quantitative estimate of drug-likeness (QED) is 0.614. The monoisotopic (exact) mass is 392 g/mol. The summed E-state index contributed by atoms with van der Waals surface area (Å²) in [6, 6.07) is 7.13. The number of sulfonamides is 1. The summed E-state index contributed by atoms with van der Waals surface area (Å²) < 4.78 is 32.5. The number of hydrogen-bond acceptors (Lipinski definition) is 4. The van der Waals surface area contributed by atoms with E-state index in [1.54, 1.807) is 33.3 Å². The minimum atomic E-state index is -3.48. The van der Waals surface area contributed by atoms with Gasteiger partial charge in [-0.1, -0.05) is 18.2 Å². The Bertz CT molecular complexity index is 821. The highest BCUT2D eigenvalue weighted by Gasteiger charge is 2.53. The Morgan fingerprint density at radius 3 is 2.44 bits per heavy atom. The molecule has 0 saturated carbocycles. The molecule has 1 aromatic rings. The summed E-state index contributed by atoms with van der Waals surface area (Å²) in [6.07, 6.45) is 3.19. The minimum absolute atomic E-state index is 0.336. The van der Waals surface area contributed by atoms with Gasteiger partial charge in [0.05, 0.1) is 17.1 Å². The van der Waals surface area contributed by atoms with E-state index in [1.165, 1.54) is 17.1 Å². The normalized spacial score (nSPS) is 30.2. The molecule has 3 saturated heterocycles. The van der Waals surface area contributed by atoms with Gasteiger partial charge in [-0.15, -0.1) is 0 Å². The predicted molar refractivity (Wildman–Crippen MR) is 104 cm³/mol. The molecule has 3 aliphatic heterocycles. The van der Waals surface area contributed by atoms with Crippen molar-refractivity contribution >= 4 is 16.0 Å². The third-order valence-corrected chi connectivity index (χ3v) is 8.05. The average Bonchev–Trinajstić information content (AvgIpc) is 3.35. The number of ether oxygens (including phenoxy) is 1. The Morgan fingerprint density at radius 2 is 1.85 bits per heavy atom. The van der Waals surface area contributed by atoms with E-state index in [1.807, 2.05) is 12.1 Å². The molecular weight excluding hydrogens is 364 g/mol. The second-order valence-electron chi connectivity index (χ2n) is 7.82. The third-order valence-electron chi connectivity index (χ3n) is 6.13. The molecule has 3 heterocycles. The lowest BCUT2D eigenvalue weighted by Gasteiger charge is -2.24. The molecule has 0 aliphatic carbocycles. The smallest absolute Gasteiger partial charge is 0.242 e. The lowest BCUT2D eigenvalue weighted by molar-refractivity contribution is 0.0767. The van der Waals surface area contributed by atoms with Gasteiger partial charge in [-0.25, -0.2) is 12.7 Å². The molecule has 4 atom stereocenters. The molecule has 0 spiro atoms. The van der Waals surface area contributed by atoms with Gasteiger partial charge in [-0.3, -0.25) is 4.99 Å². The zero-order valence-electron chi connectivity index (χ0n) is 16.1. The summed E-state index contributed by atoms with van der Waals surface area (Å²) in [7, 11) is 1.41. The highest BCUT2D eigenvalue weighted by atomic mass is 32.2. The fourth-order valence-corrected chi connectivity index (χ4v) is 5.85. The van der Waals surface area contributed by atoms with Crippen LogP contribution in [0.15, 0.2) is 34.2 Å². The molecular formula is C19H28N4O3S. The Balaban J connectivity index is 1.46. The van der Waals surface area contributed by atoms with Crippen molar-refractivity contribution in [1.29, 1.82) is 0 Å². The maximum Gasteiger partial charge on any atom is 0.242 e. The van der Waals surface area contributed by atoms with Gasteiger partial charge in [0.15, 0.2) is 5.96 Å². The van der Waals surface area contributed by atoms with Crippen LogP contribution in [0.1, 0.15) is 18.4 Å². The van der Waals surface area contributed by atoms with E-state index in [0.717, 1.165) is 24.6 Å². The number of likely N-dealkylation sites (tertiary alicyclic amines) is 1. The van der Waals surface area contributed by atoms with Gasteiger partial charge in [-0.2, -0.15) is 0 Å². The molecule has 4 unspecified atom stereocenters. The standard InChI is InChI=1S/C19H28N4O3S/c1-20-19(23-11-14-15(12-23)17-9-8-16(14)26-17)21-10-13-6-4-5-7-18(13)27(24,25)22(2)3/h4-7,14-17H,8-12H2,1-3H3,(H,20,21). The van der Waals surface area contributed by atoms with Crippen molar-refractivity contribution < 1.29 is 13.2 Å². The zero-order valence-corrected chi connectivity index (χ0v) is 16.9. The van der Waals surface area contributed by atoms with Crippen LogP contribution in [0.5, 0.6) is 0 Å². The second-order valence-corrected chi connectivity index (χ2v) is 9.94. The lowest BCUT2D eigenvalue weighted by Crippen LogP contribution is -2.41. The first-order valence-electron chi connectivity index (χ1n) is 9.53. The highest BCUT2D eigenvalue weighted by molar-refractivity contribution is 7.89. The summed E-state index contributed by atoms with van der Waals surface area (Å²) >= 11 is 0. The van der Waals surface area contributed by atoms with E-state index in [9.17, 15) is 8.42 Å². The Labute approximate surface area is 161 Å². The molecule has 0 amide bonds. The van der Waals surface area contributed by atoms with E-state index in [0.29, 0.717) is 35.5 Å². The number of fused-ring (bicyclic) bond motifs is 5. The van der Waals surface area contributed by atoms with E-state index >= 15 is 0 Å². The highest BCUT2D eigenvalue weighted by Crippen LogP contribution is 2.47. The number of hydrogen-bond donors (Lipinski definition) is 1. The zero-order chi connectivity index (χ0) is 19.2. The van der Waals surface area contributed by atoms with Crippen molar-refractivity contribution in [3.05, 3.63) is 29.8 Å². The van der Waals surface area contributed by atoms with Crippen molar-refractivity contribution in [2.45, 2.75) is 36.5 Å². The lowest BCUT2D eigenvalue weighted by atomic mass is 9.82. The first kappa shape index (κ1) is 18.7. The van der Waals surface area contributed by atoms with Crippen molar-refractivity contribution in [3.8, 4) is 0 Å². The molecule has 2 bridgehead atoms. The first-order chi connectivity index (χ1) is 12.9. The minimum Gasteiger partial charge on any atom is -0.374 e. The molecule has 0 aromatic heterocycles. The van der Waals surface area contributed by atoms with Crippen LogP contribution >= 0.6 is 0 Å². The van der Waals surface area contributed by atoms with Gasteiger partial charge in [-0.05, 0) is 24.5 Å². The van der Waals surface area contributed by atoms with Gasteiger partial charge in [0.2, 0.25) is 10.0 Å². The summed E-state index contributed by atoms with van der Waals surface area (Å²) in [5, 5.41) is 3.37. The van der Waals surface area contributed by atoms with Crippen LogP contribution in [0.2, 0.25) is 0 Å². The molecule has 3 fully saturated rings. The topological polar surface area (TPSA) is 74.2 Å². The predicted octanol–water partition coefficient (Wildman–Crippen LogP) is 1.12. The maximum atomic E-state index is 12.6. The summed E-state index contributed by atoms with van der Waals surface area (Å²) in [4.78, 5) is 7.07.